The van der Waals surface area contributed by atoms with E-state index in [1.807, 2.05) is 0 Å². The number of nitrogen functional groups attached to an aromatic ring is 1. The van der Waals surface area contributed by atoms with Crippen molar-refractivity contribution in [2.24, 2.45) is 0 Å². The van der Waals surface area contributed by atoms with Gasteiger partial charge in [0.15, 0.2) is 0 Å². The van der Waals surface area contributed by atoms with Gasteiger partial charge in [-0.1, -0.05) is 0 Å². The van der Waals surface area contributed by atoms with E-state index in [0.717, 1.165) is 21.1 Å². The summed E-state index contributed by atoms with van der Waals surface area (Å²) in [5.41, 5.74) is 6.04. The van der Waals surface area contributed by atoms with E-state index in [4.69, 9.17) is 10.5 Å². The van der Waals surface area contributed by atoms with Crippen molar-refractivity contribution < 1.29 is 28.7 Å². The first kappa shape index (κ1) is 18.1. The van der Waals surface area contributed by atoms with Gasteiger partial charge in [0.2, 0.25) is 5.91 Å². The Kier molecular flexibility index (Phi) is 4.77. The number of esters is 1. The molecular formula is C16H17N3O6S. The molecule has 2 aliphatic heterocycles. The zero-order valence-corrected chi connectivity index (χ0v) is 14.8. The minimum absolute atomic E-state index is 0.00137. The molecule has 10 heteroatoms. The van der Waals surface area contributed by atoms with Crippen LogP contribution in [-0.4, -0.2) is 58.6 Å². The van der Waals surface area contributed by atoms with Crippen molar-refractivity contribution in [3.8, 4) is 0 Å². The van der Waals surface area contributed by atoms with Gasteiger partial charge >= 0.3 is 5.97 Å². The summed E-state index contributed by atoms with van der Waals surface area (Å²) in [5.74, 6) is -2.85. The number of anilines is 1. The van der Waals surface area contributed by atoms with E-state index in [-0.39, 0.29) is 48.5 Å². The molecule has 3 rings (SSSR count). The Balaban J connectivity index is 1.78. The van der Waals surface area contributed by atoms with Gasteiger partial charge in [0, 0.05) is 18.3 Å². The van der Waals surface area contributed by atoms with Gasteiger partial charge in [-0.15, -0.1) is 11.3 Å². The van der Waals surface area contributed by atoms with E-state index < -0.39 is 35.6 Å². The van der Waals surface area contributed by atoms with Crippen LogP contribution in [0.15, 0.2) is 5.38 Å². The van der Waals surface area contributed by atoms with Crippen molar-refractivity contribution in [3.05, 3.63) is 16.5 Å². The second-order valence-electron chi connectivity index (χ2n) is 5.86. The Labute approximate surface area is 152 Å². The molecule has 2 N–H and O–H groups in total. The summed E-state index contributed by atoms with van der Waals surface area (Å²) in [5, 5.41) is 1.71. The van der Waals surface area contributed by atoms with Crippen LogP contribution in [-0.2, 0) is 19.1 Å². The van der Waals surface area contributed by atoms with Crippen molar-refractivity contribution in [2.45, 2.75) is 32.2 Å². The number of amides is 4. The highest BCUT2D eigenvalue weighted by molar-refractivity contribution is 7.14. The number of nitrogens with two attached hydrogens (primary N) is 1. The SMILES string of the molecule is CCOC(=O)CCN1C(=O)CCC(N2C(=O)c3csc(N)c3C2=O)C1=O. The van der Waals surface area contributed by atoms with Crippen LogP contribution in [0, 0.1) is 0 Å². The molecule has 2 aliphatic rings. The smallest absolute Gasteiger partial charge is 0.307 e. The molecule has 0 aliphatic carbocycles. The Hall–Kier alpha value is -2.75. The number of carbonyl (C=O) groups is 5. The third-order valence-corrected chi connectivity index (χ3v) is 5.15. The van der Waals surface area contributed by atoms with Crippen molar-refractivity contribution in [3.63, 3.8) is 0 Å². The van der Waals surface area contributed by atoms with Gasteiger partial charge in [0.25, 0.3) is 17.7 Å². The zero-order chi connectivity index (χ0) is 19.0. The second kappa shape index (κ2) is 6.87. The first-order valence-electron chi connectivity index (χ1n) is 8.11. The monoisotopic (exact) mass is 379 g/mol. The van der Waals surface area contributed by atoms with Gasteiger partial charge in [0.05, 0.1) is 29.2 Å². The average Bonchev–Trinajstić information content (AvgIpc) is 3.08. The Bertz CT molecular complexity index is 817. The molecule has 1 saturated heterocycles. The summed E-state index contributed by atoms with van der Waals surface area (Å²) in [6, 6.07) is -1.08. The predicted octanol–water partition coefficient (Wildman–Crippen LogP) is 0.397. The molecule has 0 spiro atoms. The molecule has 0 aromatic carbocycles. The Morgan fingerprint density at radius 2 is 2.04 bits per heavy atom. The van der Waals surface area contributed by atoms with Crippen molar-refractivity contribution in [1.82, 2.24) is 9.80 Å². The second-order valence-corrected chi connectivity index (χ2v) is 6.77. The largest absolute Gasteiger partial charge is 0.466 e. The molecule has 9 nitrogen and oxygen atoms in total. The zero-order valence-electron chi connectivity index (χ0n) is 14.0. The summed E-state index contributed by atoms with van der Waals surface area (Å²) in [7, 11) is 0. The lowest BCUT2D eigenvalue weighted by Gasteiger charge is -2.34. The Morgan fingerprint density at radius 1 is 1.31 bits per heavy atom. The molecule has 0 bridgehead atoms. The molecule has 1 unspecified atom stereocenters. The van der Waals surface area contributed by atoms with E-state index in [1.165, 1.54) is 5.38 Å². The molecule has 1 aromatic rings. The third kappa shape index (κ3) is 2.85. The number of likely N-dealkylation sites (tertiary alicyclic amines) is 1. The number of piperidine rings is 1. The van der Waals surface area contributed by atoms with Crippen LogP contribution in [0.5, 0.6) is 0 Å². The van der Waals surface area contributed by atoms with E-state index in [0.29, 0.717) is 0 Å². The number of carbonyl (C=O) groups excluding carboxylic acids is 5. The number of hydrogen-bond donors (Lipinski definition) is 1. The van der Waals surface area contributed by atoms with Gasteiger partial charge < -0.3 is 10.5 Å². The van der Waals surface area contributed by atoms with Crippen LogP contribution < -0.4 is 5.73 Å². The summed E-state index contributed by atoms with van der Waals surface area (Å²) in [6.07, 6.45) is -0.0862. The fourth-order valence-electron chi connectivity index (χ4n) is 3.11. The van der Waals surface area contributed by atoms with Crippen molar-refractivity contribution in [2.75, 3.05) is 18.9 Å². The quantitative estimate of drug-likeness (QED) is 0.579. The van der Waals surface area contributed by atoms with Crippen molar-refractivity contribution >= 4 is 45.9 Å². The number of ether oxygens (including phenoxy) is 1. The molecule has 3 heterocycles. The number of rotatable bonds is 5. The Morgan fingerprint density at radius 3 is 2.69 bits per heavy atom. The van der Waals surface area contributed by atoms with Crippen LogP contribution in [0.4, 0.5) is 5.00 Å². The molecule has 1 aromatic heterocycles. The summed E-state index contributed by atoms with van der Waals surface area (Å²) >= 11 is 1.09. The first-order valence-corrected chi connectivity index (χ1v) is 8.99. The van der Waals surface area contributed by atoms with Crippen LogP contribution in [0.25, 0.3) is 0 Å². The molecule has 0 saturated carbocycles. The topological polar surface area (TPSA) is 127 Å². The maximum atomic E-state index is 12.7. The number of nitrogens with zero attached hydrogens (tertiary/aromatic N) is 2. The highest BCUT2D eigenvalue weighted by atomic mass is 32.1. The highest BCUT2D eigenvalue weighted by Crippen LogP contribution is 2.35. The normalized spacial score (nSPS) is 20.0. The number of hydrogen-bond acceptors (Lipinski definition) is 8. The summed E-state index contributed by atoms with van der Waals surface area (Å²) in [4.78, 5) is 63.2. The first-order chi connectivity index (χ1) is 12.4. The van der Waals surface area contributed by atoms with Crippen molar-refractivity contribution in [1.29, 1.82) is 0 Å². The van der Waals surface area contributed by atoms with Crippen LogP contribution >= 0.6 is 11.3 Å². The molecule has 0 radical (unpaired) electrons. The van der Waals surface area contributed by atoms with E-state index >= 15 is 0 Å². The van der Waals surface area contributed by atoms with E-state index in [9.17, 15) is 24.0 Å². The standard InChI is InChI=1S/C16H17N3O6S/c1-2-25-11(21)5-6-18-10(20)4-3-9(15(18)23)19-14(22)8-7-26-13(17)12(8)16(19)24/h7,9H,2-6,17H2,1H3. The molecule has 1 atom stereocenters. The third-order valence-electron chi connectivity index (χ3n) is 4.34. The van der Waals surface area contributed by atoms with E-state index in [1.54, 1.807) is 6.92 Å². The van der Waals surface area contributed by atoms with Crippen LogP contribution in [0.1, 0.15) is 46.9 Å². The highest BCUT2D eigenvalue weighted by Gasteiger charge is 2.48. The lowest BCUT2D eigenvalue weighted by Crippen LogP contribution is -2.56. The number of thiophene rings is 1. The van der Waals surface area contributed by atoms with Crippen LogP contribution in [0.3, 0.4) is 0 Å². The fourth-order valence-corrected chi connectivity index (χ4v) is 3.89. The predicted molar refractivity (Wildman–Crippen MR) is 90.2 cm³/mol. The number of fused-ring (bicyclic) bond motifs is 1. The molecule has 1 fully saturated rings. The lowest BCUT2D eigenvalue weighted by molar-refractivity contribution is -0.153. The summed E-state index contributed by atoms with van der Waals surface area (Å²) < 4.78 is 4.79. The van der Waals surface area contributed by atoms with Gasteiger partial charge in [-0.3, -0.25) is 33.8 Å². The maximum Gasteiger partial charge on any atom is 0.307 e. The van der Waals surface area contributed by atoms with E-state index in [2.05, 4.69) is 0 Å². The minimum Gasteiger partial charge on any atom is -0.466 e. The van der Waals surface area contributed by atoms with Gasteiger partial charge in [-0.2, -0.15) is 0 Å². The van der Waals surface area contributed by atoms with Crippen LogP contribution in [0.2, 0.25) is 0 Å². The molecule has 138 valence electrons. The molecule has 4 amide bonds. The van der Waals surface area contributed by atoms with Gasteiger partial charge in [-0.05, 0) is 13.3 Å². The molecular weight excluding hydrogens is 362 g/mol. The number of imide groups is 2. The minimum atomic E-state index is -1.08. The van der Waals surface area contributed by atoms with Gasteiger partial charge in [0.1, 0.15) is 6.04 Å². The maximum absolute atomic E-state index is 12.7. The fraction of sp³-hybridized carbons (Fsp3) is 0.438. The van der Waals surface area contributed by atoms with Gasteiger partial charge in [-0.25, -0.2) is 0 Å². The summed E-state index contributed by atoms with van der Waals surface area (Å²) in [6.45, 7) is 1.70. The molecule has 26 heavy (non-hydrogen) atoms. The average molecular weight is 379 g/mol. The lowest BCUT2D eigenvalue weighted by atomic mass is 10.0.